The fraction of sp³-hybridized carbons (Fsp3) is 0.481. The Morgan fingerprint density at radius 2 is 2.05 bits per heavy atom. The molecule has 3 heterocycles. The number of nitriles is 1. The van der Waals surface area contributed by atoms with Crippen molar-refractivity contribution < 1.29 is 33.0 Å². The third kappa shape index (κ3) is 6.86. The Hall–Kier alpha value is -3.53. The van der Waals surface area contributed by atoms with Crippen molar-refractivity contribution in [3.8, 4) is 11.8 Å². The van der Waals surface area contributed by atoms with Gasteiger partial charge >= 0.3 is 13.7 Å². The molecule has 0 saturated carbocycles. The summed E-state index contributed by atoms with van der Waals surface area (Å²) in [6.07, 6.45) is 0.638. The van der Waals surface area contributed by atoms with E-state index in [0.29, 0.717) is 11.2 Å². The van der Waals surface area contributed by atoms with Crippen LogP contribution in [0.5, 0.6) is 5.75 Å². The van der Waals surface area contributed by atoms with Gasteiger partial charge in [-0.3, -0.25) is 9.32 Å². The molecule has 1 aliphatic heterocycles. The zero-order valence-electron chi connectivity index (χ0n) is 23.2. The molecule has 0 radical (unpaired) electrons. The number of benzene rings is 1. The van der Waals surface area contributed by atoms with Gasteiger partial charge in [-0.15, -0.1) is 0 Å². The highest BCUT2D eigenvalue weighted by molar-refractivity contribution is 7.52. The predicted octanol–water partition coefficient (Wildman–Crippen LogP) is 3.34. The molecule has 5 atom stereocenters. The van der Waals surface area contributed by atoms with E-state index in [1.54, 1.807) is 42.5 Å². The second kappa shape index (κ2) is 13.0. The number of aliphatic hydroxyl groups is 1. The van der Waals surface area contributed by atoms with Crippen LogP contribution in [0.3, 0.4) is 0 Å². The normalized spacial score (nSPS) is 22.7. The van der Waals surface area contributed by atoms with Gasteiger partial charge in [-0.05, 0) is 37.1 Å². The number of ether oxygens (including phenoxy) is 2. The second-order valence-corrected chi connectivity index (χ2v) is 11.6. The number of hydrogen-bond donors (Lipinski definition) is 3. The number of aliphatic hydroxyl groups excluding tert-OH is 1. The molecule has 0 aliphatic carbocycles. The first kappa shape index (κ1) is 30.4. The van der Waals surface area contributed by atoms with Crippen LogP contribution < -0.4 is 15.3 Å². The van der Waals surface area contributed by atoms with E-state index in [1.165, 1.54) is 17.8 Å². The van der Waals surface area contributed by atoms with E-state index in [4.69, 9.17) is 24.3 Å². The molecule has 1 aliphatic rings. The summed E-state index contributed by atoms with van der Waals surface area (Å²) in [6, 6.07) is 12.7. The number of carbonyl (C=O) groups is 1. The lowest BCUT2D eigenvalue weighted by atomic mass is 9.96. The number of aromatic nitrogens is 3. The van der Waals surface area contributed by atoms with Crippen LogP contribution in [0.1, 0.15) is 45.7 Å². The first-order chi connectivity index (χ1) is 19.6. The Morgan fingerprint density at radius 3 is 2.73 bits per heavy atom. The molecule has 220 valence electrons. The fourth-order valence-corrected chi connectivity index (χ4v) is 6.03. The molecule has 1 fully saturated rings. The summed E-state index contributed by atoms with van der Waals surface area (Å²) < 4.78 is 38.2. The minimum absolute atomic E-state index is 0.108. The summed E-state index contributed by atoms with van der Waals surface area (Å²) in [4.78, 5) is 16.6. The van der Waals surface area contributed by atoms with Crippen LogP contribution in [0.25, 0.3) is 5.52 Å². The van der Waals surface area contributed by atoms with Gasteiger partial charge in [0, 0.05) is 6.42 Å². The van der Waals surface area contributed by atoms with E-state index in [0.717, 1.165) is 12.8 Å². The quantitative estimate of drug-likeness (QED) is 0.196. The first-order valence-electron chi connectivity index (χ1n) is 13.4. The van der Waals surface area contributed by atoms with E-state index >= 15 is 0 Å². The number of carbonyl (C=O) groups excluding carboxylic acids is 1. The number of nitrogens with zero attached hydrogens (tertiary/aromatic N) is 4. The number of rotatable bonds is 13. The molecule has 0 spiro atoms. The number of para-hydroxylation sites is 1. The minimum Gasteiger partial charge on any atom is -0.464 e. The van der Waals surface area contributed by atoms with Crippen molar-refractivity contribution in [1.82, 2.24) is 19.7 Å². The van der Waals surface area contributed by atoms with Gasteiger partial charge in [0.2, 0.25) is 0 Å². The standard InChI is InChI=1S/C27H35N6O7P/c1-4-19(5-2)14-37-26(35)18(3)32-41(36,40-20-9-7-6-8-10-20)38-15-23-22(34)13-27(16-28,39-23)24-12-11-21-25(29)30-17-31-33(21)24/h6-12,17-19,22-23,34H,4-5,13-15H2,1-3H3,(H,32,36)(H2,29,30,31)/t18-,22-,23+,27-,41?/m0/s1. The molecule has 13 nitrogen and oxygen atoms in total. The molecule has 14 heteroatoms. The Morgan fingerprint density at radius 1 is 1.32 bits per heavy atom. The first-order valence-corrected chi connectivity index (χ1v) is 15.0. The molecule has 4 N–H and O–H groups in total. The van der Waals surface area contributed by atoms with E-state index in [1.807, 2.05) is 13.8 Å². The number of nitrogen functional groups attached to an aromatic ring is 1. The van der Waals surface area contributed by atoms with Crippen molar-refractivity contribution in [2.24, 2.45) is 5.92 Å². The molecule has 2 aromatic heterocycles. The van der Waals surface area contributed by atoms with Crippen LogP contribution in [0.2, 0.25) is 0 Å². The largest absolute Gasteiger partial charge is 0.464 e. The van der Waals surface area contributed by atoms with E-state index in [-0.39, 0.29) is 30.5 Å². The average molecular weight is 587 g/mol. The fourth-order valence-electron chi connectivity index (χ4n) is 4.53. The topological polar surface area (TPSA) is 183 Å². The summed E-state index contributed by atoms with van der Waals surface area (Å²) in [5.41, 5.74) is 5.16. The summed E-state index contributed by atoms with van der Waals surface area (Å²) in [7, 11) is -4.21. The maximum Gasteiger partial charge on any atom is 0.459 e. The van der Waals surface area contributed by atoms with E-state index < -0.39 is 44.2 Å². The Kier molecular flexibility index (Phi) is 9.63. The molecular weight excluding hydrogens is 551 g/mol. The SMILES string of the molecule is CCC(CC)COC(=O)[C@H](C)NP(=O)(OC[C@H]1O[C@@](C#N)(c2ccc3c(N)ncnn23)C[C@@H]1O)Oc1ccccc1. The summed E-state index contributed by atoms with van der Waals surface area (Å²) in [5, 5.41) is 27.8. The number of nitrogens with two attached hydrogens (primary N) is 1. The highest BCUT2D eigenvalue weighted by Crippen LogP contribution is 2.47. The summed E-state index contributed by atoms with van der Waals surface area (Å²) >= 11 is 0. The van der Waals surface area contributed by atoms with Gasteiger partial charge in [-0.1, -0.05) is 44.9 Å². The van der Waals surface area contributed by atoms with Gasteiger partial charge in [0.05, 0.1) is 25.0 Å². The van der Waals surface area contributed by atoms with Crippen molar-refractivity contribution in [2.45, 2.75) is 63.9 Å². The molecule has 41 heavy (non-hydrogen) atoms. The molecule has 1 unspecified atom stereocenters. The van der Waals surface area contributed by atoms with Crippen LogP contribution in [0, 0.1) is 17.2 Å². The lowest BCUT2D eigenvalue weighted by Gasteiger charge is -2.25. The van der Waals surface area contributed by atoms with Gasteiger partial charge in [0.1, 0.15) is 35.8 Å². The van der Waals surface area contributed by atoms with Crippen molar-refractivity contribution in [2.75, 3.05) is 18.9 Å². The highest BCUT2D eigenvalue weighted by atomic mass is 31.2. The van der Waals surface area contributed by atoms with E-state index in [2.05, 4.69) is 21.2 Å². The number of hydrogen-bond acceptors (Lipinski definition) is 11. The molecule has 1 aromatic carbocycles. The van der Waals surface area contributed by atoms with Crippen LogP contribution in [-0.4, -0.2) is 57.1 Å². The summed E-state index contributed by atoms with van der Waals surface area (Å²) in [6.45, 7) is 5.35. The molecule has 0 amide bonds. The number of esters is 1. The Balaban J connectivity index is 1.50. The van der Waals surface area contributed by atoms with E-state index in [9.17, 15) is 19.7 Å². The molecular formula is C27H35N6O7P. The smallest absolute Gasteiger partial charge is 0.459 e. The number of fused-ring (bicyclic) bond motifs is 1. The van der Waals surface area contributed by atoms with Crippen LogP contribution in [0.15, 0.2) is 48.8 Å². The maximum absolute atomic E-state index is 13.9. The van der Waals surface area contributed by atoms with Crippen molar-refractivity contribution in [1.29, 1.82) is 5.26 Å². The third-order valence-corrected chi connectivity index (χ3v) is 8.70. The molecule has 4 rings (SSSR count). The second-order valence-electron chi connectivity index (χ2n) is 9.89. The average Bonchev–Trinajstić information content (AvgIpc) is 3.55. The van der Waals surface area contributed by atoms with Crippen LogP contribution >= 0.6 is 7.75 Å². The molecule has 3 aromatic rings. The predicted molar refractivity (Wildman–Crippen MR) is 148 cm³/mol. The lowest BCUT2D eigenvalue weighted by molar-refractivity contribution is -0.146. The van der Waals surface area contributed by atoms with Gasteiger partial charge in [-0.2, -0.15) is 15.4 Å². The van der Waals surface area contributed by atoms with Gasteiger partial charge in [0.15, 0.2) is 11.4 Å². The monoisotopic (exact) mass is 586 g/mol. The van der Waals surface area contributed by atoms with Crippen molar-refractivity contribution >= 4 is 25.1 Å². The number of anilines is 1. The zero-order valence-corrected chi connectivity index (χ0v) is 24.1. The van der Waals surface area contributed by atoms with Crippen LogP contribution in [-0.2, 0) is 29.0 Å². The van der Waals surface area contributed by atoms with Crippen molar-refractivity contribution in [3.63, 3.8) is 0 Å². The zero-order chi connectivity index (χ0) is 29.6. The van der Waals surface area contributed by atoms with Gasteiger partial charge in [-0.25, -0.2) is 14.1 Å². The minimum atomic E-state index is -4.21. The van der Waals surface area contributed by atoms with Gasteiger partial charge < -0.3 is 24.8 Å². The number of nitrogens with one attached hydrogen (secondary N) is 1. The Labute approximate surface area is 238 Å². The highest BCUT2D eigenvalue weighted by Gasteiger charge is 2.50. The Bertz CT molecular complexity index is 1430. The molecule has 0 bridgehead atoms. The molecule has 1 saturated heterocycles. The van der Waals surface area contributed by atoms with Crippen molar-refractivity contribution in [3.05, 3.63) is 54.5 Å². The third-order valence-electron chi connectivity index (χ3n) is 7.05. The summed E-state index contributed by atoms with van der Waals surface area (Å²) in [5.74, 6) is 0.0590. The van der Waals surface area contributed by atoms with Crippen LogP contribution in [0.4, 0.5) is 5.82 Å². The maximum atomic E-state index is 13.9. The van der Waals surface area contributed by atoms with Gasteiger partial charge in [0.25, 0.3) is 0 Å². The lowest BCUT2D eigenvalue weighted by Crippen LogP contribution is -2.37.